The van der Waals surface area contributed by atoms with Crippen LogP contribution in [0.1, 0.15) is 22.6 Å². The van der Waals surface area contributed by atoms with E-state index in [0.29, 0.717) is 5.92 Å². The van der Waals surface area contributed by atoms with Crippen molar-refractivity contribution < 1.29 is 0 Å². The van der Waals surface area contributed by atoms with Crippen molar-refractivity contribution in [2.24, 2.45) is 0 Å². The number of anilines is 1. The fraction of sp³-hybridized carbons (Fsp3) is 0.455. The highest BCUT2D eigenvalue weighted by Gasteiger charge is 2.19. The summed E-state index contributed by atoms with van der Waals surface area (Å²) in [6.45, 7) is 6.39. The van der Waals surface area contributed by atoms with Gasteiger partial charge in [0.15, 0.2) is 0 Å². The predicted octanol–water partition coefficient (Wildman–Crippen LogP) is 1.57. The molecular weight excluding hydrogens is 160 g/mol. The largest absolute Gasteiger partial charge is 0.398 e. The van der Waals surface area contributed by atoms with Gasteiger partial charge in [0, 0.05) is 24.7 Å². The molecule has 1 heterocycles. The summed E-state index contributed by atoms with van der Waals surface area (Å²) < 4.78 is 0. The van der Waals surface area contributed by atoms with Crippen LogP contribution in [0, 0.1) is 13.8 Å². The van der Waals surface area contributed by atoms with Gasteiger partial charge in [0.25, 0.3) is 0 Å². The number of nitrogens with one attached hydrogen (secondary N) is 1. The molecule has 70 valence electrons. The summed E-state index contributed by atoms with van der Waals surface area (Å²) in [5.41, 5.74) is 10.7. The van der Waals surface area contributed by atoms with E-state index < -0.39 is 0 Å². The summed E-state index contributed by atoms with van der Waals surface area (Å²) in [6, 6.07) is 4.43. The SMILES string of the molecule is Cc1cc(C2CNC2)cc(C)c1N. The second-order valence-corrected chi connectivity index (χ2v) is 3.92. The number of hydrogen-bond donors (Lipinski definition) is 2. The first-order valence-electron chi connectivity index (χ1n) is 4.76. The maximum Gasteiger partial charge on any atom is 0.0373 e. The molecule has 0 bridgehead atoms. The topological polar surface area (TPSA) is 38.0 Å². The second-order valence-electron chi connectivity index (χ2n) is 3.92. The quantitative estimate of drug-likeness (QED) is 0.637. The van der Waals surface area contributed by atoms with Gasteiger partial charge in [-0.15, -0.1) is 0 Å². The molecule has 1 aliphatic heterocycles. The zero-order valence-corrected chi connectivity index (χ0v) is 8.22. The molecule has 0 spiro atoms. The lowest BCUT2D eigenvalue weighted by Crippen LogP contribution is -2.39. The monoisotopic (exact) mass is 176 g/mol. The van der Waals surface area contributed by atoms with Crippen molar-refractivity contribution in [1.82, 2.24) is 5.32 Å². The Labute approximate surface area is 79.1 Å². The third-order valence-electron chi connectivity index (χ3n) is 2.87. The molecule has 0 aliphatic carbocycles. The van der Waals surface area contributed by atoms with E-state index in [9.17, 15) is 0 Å². The zero-order valence-electron chi connectivity index (χ0n) is 8.22. The van der Waals surface area contributed by atoms with Crippen molar-refractivity contribution in [1.29, 1.82) is 0 Å². The normalized spacial score (nSPS) is 17.1. The van der Waals surface area contributed by atoms with Crippen molar-refractivity contribution >= 4 is 5.69 Å². The van der Waals surface area contributed by atoms with Gasteiger partial charge in [-0.1, -0.05) is 12.1 Å². The fourth-order valence-electron chi connectivity index (χ4n) is 1.77. The highest BCUT2D eigenvalue weighted by atomic mass is 14.9. The standard InChI is InChI=1S/C11H16N2/c1-7-3-9(10-5-13-6-10)4-8(2)11(7)12/h3-4,10,13H,5-6,12H2,1-2H3. The third kappa shape index (κ3) is 1.42. The molecule has 3 N–H and O–H groups in total. The lowest BCUT2D eigenvalue weighted by molar-refractivity contribution is 0.448. The van der Waals surface area contributed by atoms with Crippen LogP contribution >= 0.6 is 0 Å². The Bertz CT molecular complexity index is 304. The van der Waals surface area contributed by atoms with Crippen molar-refractivity contribution in [3.8, 4) is 0 Å². The molecule has 0 aromatic heterocycles. The van der Waals surface area contributed by atoms with Crippen molar-refractivity contribution in [3.63, 3.8) is 0 Å². The number of hydrogen-bond acceptors (Lipinski definition) is 2. The smallest absolute Gasteiger partial charge is 0.0373 e. The molecule has 2 nitrogen and oxygen atoms in total. The van der Waals surface area contributed by atoms with Crippen LogP contribution in [0.3, 0.4) is 0 Å². The molecule has 0 atom stereocenters. The van der Waals surface area contributed by atoms with Gasteiger partial charge in [-0.05, 0) is 30.5 Å². The Morgan fingerprint density at radius 3 is 2.15 bits per heavy atom. The van der Waals surface area contributed by atoms with E-state index in [2.05, 4.69) is 31.3 Å². The molecule has 1 aromatic rings. The summed E-state index contributed by atoms with van der Waals surface area (Å²) >= 11 is 0. The van der Waals surface area contributed by atoms with E-state index in [1.165, 1.54) is 16.7 Å². The molecule has 0 amide bonds. The Balaban J connectivity index is 2.37. The highest BCUT2D eigenvalue weighted by Crippen LogP contribution is 2.26. The Kier molecular flexibility index (Phi) is 2.00. The van der Waals surface area contributed by atoms with Crippen LogP contribution in [-0.4, -0.2) is 13.1 Å². The number of benzene rings is 1. The van der Waals surface area contributed by atoms with Gasteiger partial charge in [-0.25, -0.2) is 0 Å². The van der Waals surface area contributed by atoms with Crippen molar-refractivity contribution in [2.75, 3.05) is 18.8 Å². The molecule has 2 rings (SSSR count). The van der Waals surface area contributed by atoms with Crippen molar-refractivity contribution in [3.05, 3.63) is 28.8 Å². The predicted molar refractivity (Wildman–Crippen MR) is 55.9 cm³/mol. The van der Waals surface area contributed by atoms with E-state index in [-0.39, 0.29) is 0 Å². The Morgan fingerprint density at radius 2 is 1.77 bits per heavy atom. The van der Waals surface area contributed by atoms with Gasteiger partial charge in [0.05, 0.1) is 0 Å². The van der Waals surface area contributed by atoms with Crippen LogP contribution in [0.25, 0.3) is 0 Å². The van der Waals surface area contributed by atoms with E-state index in [4.69, 9.17) is 5.73 Å². The molecule has 1 saturated heterocycles. The van der Waals surface area contributed by atoms with E-state index in [1.54, 1.807) is 0 Å². The molecule has 0 saturated carbocycles. The maximum absolute atomic E-state index is 5.89. The first kappa shape index (κ1) is 8.57. The molecule has 1 fully saturated rings. The molecule has 0 radical (unpaired) electrons. The summed E-state index contributed by atoms with van der Waals surface area (Å²) in [5.74, 6) is 0.706. The van der Waals surface area contributed by atoms with Gasteiger partial charge in [0.1, 0.15) is 0 Å². The lowest BCUT2D eigenvalue weighted by atomic mass is 9.90. The van der Waals surface area contributed by atoms with Crippen LogP contribution in [0.4, 0.5) is 5.69 Å². The average molecular weight is 176 g/mol. The first-order valence-corrected chi connectivity index (χ1v) is 4.76. The van der Waals surface area contributed by atoms with Crippen LogP contribution in [-0.2, 0) is 0 Å². The van der Waals surface area contributed by atoms with Gasteiger partial charge < -0.3 is 11.1 Å². The molecule has 2 heteroatoms. The fourth-order valence-corrected chi connectivity index (χ4v) is 1.77. The van der Waals surface area contributed by atoms with Crippen LogP contribution in [0.15, 0.2) is 12.1 Å². The third-order valence-corrected chi connectivity index (χ3v) is 2.87. The minimum absolute atomic E-state index is 0.706. The minimum Gasteiger partial charge on any atom is -0.398 e. The van der Waals surface area contributed by atoms with Crippen LogP contribution in [0.2, 0.25) is 0 Å². The molecule has 13 heavy (non-hydrogen) atoms. The molecule has 1 aliphatic rings. The van der Waals surface area contributed by atoms with Gasteiger partial charge in [-0.2, -0.15) is 0 Å². The summed E-state index contributed by atoms with van der Waals surface area (Å²) in [7, 11) is 0. The number of nitrogens with two attached hydrogens (primary N) is 1. The van der Waals surface area contributed by atoms with E-state index in [0.717, 1.165) is 18.8 Å². The Morgan fingerprint density at radius 1 is 1.23 bits per heavy atom. The van der Waals surface area contributed by atoms with E-state index >= 15 is 0 Å². The molecule has 0 unspecified atom stereocenters. The number of aryl methyl sites for hydroxylation is 2. The second kappa shape index (κ2) is 3.04. The minimum atomic E-state index is 0.706. The van der Waals surface area contributed by atoms with Gasteiger partial charge in [-0.3, -0.25) is 0 Å². The summed E-state index contributed by atoms with van der Waals surface area (Å²) in [4.78, 5) is 0. The van der Waals surface area contributed by atoms with Crippen LogP contribution < -0.4 is 11.1 Å². The van der Waals surface area contributed by atoms with Crippen LogP contribution in [0.5, 0.6) is 0 Å². The van der Waals surface area contributed by atoms with E-state index in [1.807, 2.05) is 0 Å². The van der Waals surface area contributed by atoms with Crippen molar-refractivity contribution in [2.45, 2.75) is 19.8 Å². The molecular formula is C11H16N2. The number of rotatable bonds is 1. The lowest BCUT2D eigenvalue weighted by Gasteiger charge is -2.28. The first-order chi connectivity index (χ1) is 6.18. The maximum atomic E-state index is 5.89. The average Bonchev–Trinajstić information content (AvgIpc) is 1.96. The summed E-state index contributed by atoms with van der Waals surface area (Å²) in [6.07, 6.45) is 0. The van der Waals surface area contributed by atoms with Gasteiger partial charge >= 0.3 is 0 Å². The Hall–Kier alpha value is -1.02. The zero-order chi connectivity index (χ0) is 9.42. The molecule has 1 aromatic carbocycles. The summed E-state index contributed by atoms with van der Waals surface area (Å²) in [5, 5.41) is 3.28. The number of nitrogen functional groups attached to an aromatic ring is 1. The van der Waals surface area contributed by atoms with Gasteiger partial charge in [0.2, 0.25) is 0 Å². The highest BCUT2D eigenvalue weighted by molar-refractivity contribution is 5.55.